The van der Waals surface area contributed by atoms with Crippen LogP contribution in [0.25, 0.3) is 0 Å². The Morgan fingerprint density at radius 2 is 1.90 bits per heavy atom. The molecule has 2 bridgehead atoms. The van der Waals surface area contributed by atoms with Crippen LogP contribution in [0.3, 0.4) is 0 Å². The number of anilines is 1. The molecule has 20 heavy (non-hydrogen) atoms. The average Bonchev–Trinajstić information content (AvgIpc) is 3.00. The fourth-order valence-electron chi connectivity index (χ4n) is 4.04. The number of hydrogen-bond donors (Lipinski definition) is 1. The van der Waals surface area contributed by atoms with Crippen molar-refractivity contribution in [3.05, 3.63) is 29.8 Å². The highest BCUT2D eigenvalue weighted by Crippen LogP contribution is 2.48. The Hall–Kier alpha value is -1.31. The van der Waals surface area contributed by atoms with Gasteiger partial charge in [-0.2, -0.15) is 0 Å². The standard InChI is InChI=1S/C18H25NO/c1-18(2,3)15-6-4-5-7-16(15)19-17(20)14-11-12-8-9-13(14)10-12/h4-7,12-14H,8-11H2,1-3H3,(H,19,20). The largest absolute Gasteiger partial charge is 0.326 e. The van der Waals surface area contributed by atoms with Crippen molar-refractivity contribution < 1.29 is 4.79 Å². The van der Waals surface area contributed by atoms with Crippen molar-refractivity contribution in [3.63, 3.8) is 0 Å². The van der Waals surface area contributed by atoms with Crippen LogP contribution in [0.1, 0.15) is 52.0 Å². The van der Waals surface area contributed by atoms with Crippen LogP contribution in [0.5, 0.6) is 0 Å². The Kier molecular flexibility index (Phi) is 3.35. The summed E-state index contributed by atoms with van der Waals surface area (Å²) >= 11 is 0. The summed E-state index contributed by atoms with van der Waals surface area (Å²) in [6.07, 6.45) is 4.98. The first-order valence-corrected chi connectivity index (χ1v) is 7.85. The van der Waals surface area contributed by atoms with Gasteiger partial charge < -0.3 is 5.32 Å². The fraction of sp³-hybridized carbons (Fsp3) is 0.611. The number of fused-ring (bicyclic) bond motifs is 2. The minimum absolute atomic E-state index is 0.0541. The molecule has 0 aromatic heterocycles. The molecular formula is C18H25NO. The van der Waals surface area contributed by atoms with E-state index in [0.29, 0.717) is 5.92 Å². The van der Waals surface area contributed by atoms with Gasteiger partial charge in [0.15, 0.2) is 0 Å². The van der Waals surface area contributed by atoms with Crippen LogP contribution in [-0.4, -0.2) is 5.91 Å². The molecule has 2 saturated carbocycles. The maximum absolute atomic E-state index is 12.6. The summed E-state index contributed by atoms with van der Waals surface area (Å²) in [6.45, 7) is 6.57. The highest BCUT2D eigenvalue weighted by Gasteiger charge is 2.43. The van der Waals surface area contributed by atoms with E-state index < -0.39 is 0 Å². The summed E-state index contributed by atoms with van der Waals surface area (Å²) in [7, 11) is 0. The van der Waals surface area contributed by atoms with Crippen LogP contribution in [0.4, 0.5) is 5.69 Å². The molecule has 1 amide bonds. The lowest BCUT2D eigenvalue weighted by molar-refractivity contribution is -0.121. The third kappa shape index (κ3) is 2.48. The second kappa shape index (κ2) is 4.91. The number of para-hydroxylation sites is 1. The molecule has 2 aliphatic rings. The zero-order valence-electron chi connectivity index (χ0n) is 12.8. The summed E-state index contributed by atoms with van der Waals surface area (Å²) in [5.41, 5.74) is 2.27. The van der Waals surface area contributed by atoms with Gasteiger partial charge in [-0.05, 0) is 48.1 Å². The molecule has 0 radical (unpaired) electrons. The summed E-state index contributed by atoms with van der Waals surface area (Å²) in [4.78, 5) is 12.6. The molecule has 0 heterocycles. The van der Waals surface area contributed by atoms with Gasteiger partial charge in [-0.25, -0.2) is 0 Å². The summed E-state index contributed by atoms with van der Waals surface area (Å²) < 4.78 is 0. The Morgan fingerprint density at radius 1 is 1.15 bits per heavy atom. The quantitative estimate of drug-likeness (QED) is 0.850. The zero-order valence-corrected chi connectivity index (χ0v) is 12.8. The minimum Gasteiger partial charge on any atom is -0.326 e. The highest BCUT2D eigenvalue weighted by molar-refractivity contribution is 5.94. The molecule has 2 aliphatic carbocycles. The van der Waals surface area contributed by atoms with Gasteiger partial charge in [0, 0.05) is 11.6 Å². The zero-order chi connectivity index (χ0) is 14.3. The molecule has 1 aromatic rings. The molecule has 3 unspecified atom stereocenters. The summed E-state index contributed by atoms with van der Waals surface area (Å²) in [5, 5.41) is 3.20. The van der Waals surface area contributed by atoms with Crippen LogP contribution < -0.4 is 5.32 Å². The molecule has 3 rings (SSSR count). The van der Waals surface area contributed by atoms with Gasteiger partial charge in [-0.3, -0.25) is 4.79 Å². The van der Waals surface area contributed by atoms with Gasteiger partial charge >= 0.3 is 0 Å². The Balaban J connectivity index is 1.77. The van der Waals surface area contributed by atoms with Crippen molar-refractivity contribution in [1.29, 1.82) is 0 Å². The Bertz CT molecular complexity index is 514. The molecule has 3 atom stereocenters. The van der Waals surface area contributed by atoms with Crippen LogP contribution in [0.15, 0.2) is 24.3 Å². The van der Waals surface area contributed by atoms with Crippen molar-refractivity contribution in [2.45, 2.75) is 51.9 Å². The lowest BCUT2D eigenvalue weighted by Crippen LogP contribution is -2.28. The summed E-state index contributed by atoms with van der Waals surface area (Å²) in [6, 6.07) is 8.21. The molecule has 2 nitrogen and oxygen atoms in total. The molecule has 0 spiro atoms. The second-order valence-corrected chi connectivity index (χ2v) is 7.57. The van der Waals surface area contributed by atoms with E-state index in [1.807, 2.05) is 18.2 Å². The van der Waals surface area contributed by atoms with Crippen molar-refractivity contribution in [2.24, 2.45) is 17.8 Å². The number of carbonyl (C=O) groups is 1. The van der Waals surface area contributed by atoms with Gasteiger partial charge in [0.1, 0.15) is 0 Å². The van der Waals surface area contributed by atoms with E-state index in [1.54, 1.807) is 0 Å². The molecule has 108 valence electrons. The van der Waals surface area contributed by atoms with E-state index in [-0.39, 0.29) is 17.2 Å². The van der Waals surface area contributed by atoms with Gasteiger partial charge in [0.25, 0.3) is 0 Å². The number of carbonyl (C=O) groups excluding carboxylic acids is 1. The third-order valence-corrected chi connectivity index (χ3v) is 5.07. The van der Waals surface area contributed by atoms with E-state index in [4.69, 9.17) is 0 Å². The fourth-order valence-corrected chi connectivity index (χ4v) is 4.04. The molecule has 1 N–H and O–H groups in total. The van der Waals surface area contributed by atoms with Gasteiger partial charge in [-0.15, -0.1) is 0 Å². The minimum atomic E-state index is 0.0541. The second-order valence-electron chi connectivity index (χ2n) is 7.57. The predicted molar refractivity (Wildman–Crippen MR) is 82.7 cm³/mol. The summed E-state index contributed by atoms with van der Waals surface area (Å²) in [5.74, 6) is 1.95. The number of hydrogen-bond acceptors (Lipinski definition) is 1. The van der Waals surface area contributed by atoms with Gasteiger partial charge in [0.2, 0.25) is 5.91 Å². The molecule has 0 saturated heterocycles. The normalized spacial score (nSPS) is 28.6. The first-order valence-electron chi connectivity index (χ1n) is 7.85. The number of amides is 1. The highest BCUT2D eigenvalue weighted by atomic mass is 16.1. The van der Waals surface area contributed by atoms with Crippen LogP contribution in [0, 0.1) is 17.8 Å². The first kappa shape index (κ1) is 13.7. The van der Waals surface area contributed by atoms with Gasteiger partial charge in [-0.1, -0.05) is 45.4 Å². The Labute approximate surface area is 122 Å². The van der Waals surface area contributed by atoms with Crippen molar-refractivity contribution in [2.75, 3.05) is 5.32 Å². The van der Waals surface area contributed by atoms with Crippen LogP contribution in [-0.2, 0) is 10.2 Å². The molecule has 2 heteroatoms. The number of rotatable bonds is 2. The number of nitrogens with one attached hydrogen (secondary N) is 1. The van der Waals surface area contributed by atoms with Crippen molar-refractivity contribution in [3.8, 4) is 0 Å². The third-order valence-electron chi connectivity index (χ3n) is 5.07. The predicted octanol–water partition coefficient (Wildman–Crippen LogP) is 4.36. The van der Waals surface area contributed by atoms with Crippen LogP contribution in [0.2, 0.25) is 0 Å². The Morgan fingerprint density at radius 3 is 2.50 bits per heavy atom. The molecule has 1 aromatic carbocycles. The maximum atomic E-state index is 12.6. The average molecular weight is 271 g/mol. The van der Waals surface area contributed by atoms with E-state index in [2.05, 4.69) is 32.2 Å². The van der Waals surface area contributed by atoms with E-state index >= 15 is 0 Å². The topological polar surface area (TPSA) is 29.1 Å². The SMILES string of the molecule is CC(C)(C)c1ccccc1NC(=O)C1CC2CCC1C2. The van der Waals surface area contributed by atoms with Crippen molar-refractivity contribution >= 4 is 11.6 Å². The van der Waals surface area contributed by atoms with Crippen molar-refractivity contribution in [1.82, 2.24) is 0 Å². The van der Waals surface area contributed by atoms with E-state index in [9.17, 15) is 4.79 Å². The maximum Gasteiger partial charge on any atom is 0.227 e. The molecule has 0 aliphatic heterocycles. The van der Waals surface area contributed by atoms with E-state index in [1.165, 1.54) is 24.8 Å². The molecule has 2 fully saturated rings. The lowest BCUT2D eigenvalue weighted by atomic mass is 9.85. The smallest absolute Gasteiger partial charge is 0.227 e. The van der Waals surface area contributed by atoms with Crippen LogP contribution >= 0.6 is 0 Å². The lowest BCUT2D eigenvalue weighted by Gasteiger charge is -2.25. The van der Waals surface area contributed by atoms with Gasteiger partial charge in [0.05, 0.1) is 0 Å². The monoisotopic (exact) mass is 271 g/mol. The van der Waals surface area contributed by atoms with E-state index in [0.717, 1.165) is 18.0 Å². The first-order chi connectivity index (χ1) is 9.45. The number of benzene rings is 1. The molecular weight excluding hydrogens is 246 g/mol.